The number of aliphatic carboxylic acids is 1. The maximum absolute atomic E-state index is 10.9. The summed E-state index contributed by atoms with van der Waals surface area (Å²) in [5.74, 6) is -0.719. The number of rotatable bonds is 4. The number of nitrogens with zero attached hydrogens (tertiary/aromatic N) is 1. The average molecular weight is 275 g/mol. The lowest BCUT2D eigenvalue weighted by Gasteiger charge is -2.44. The van der Waals surface area contributed by atoms with E-state index in [1.807, 2.05) is 0 Å². The maximum Gasteiger partial charge on any atom is 0.304 e. The van der Waals surface area contributed by atoms with Gasteiger partial charge in [-0.2, -0.15) is 0 Å². The summed E-state index contributed by atoms with van der Waals surface area (Å²) in [5, 5.41) is 9.00. The summed E-state index contributed by atoms with van der Waals surface area (Å²) >= 11 is 0. The van der Waals surface area contributed by atoms with Gasteiger partial charge in [0.25, 0.3) is 0 Å². The molecule has 0 fully saturated rings. The van der Waals surface area contributed by atoms with Gasteiger partial charge in [0.05, 0.1) is 6.42 Å². The van der Waals surface area contributed by atoms with Crippen molar-refractivity contribution in [1.82, 2.24) is 4.90 Å². The van der Waals surface area contributed by atoms with E-state index in [1.54, 1.807) is 0 Å². The Balaban J connectivity index is 2.28. The van der Waals surface area contributed by atoms with Crippen molar-refractivity contribution in [3.05, 3.63) is 35.4 Å². The zero-order valence-corrected chi connectivity index (χ0v) is 12.7. The average Bonchev–Trinajstić information content (AvgIpc) is 2.37. The Hall–Kier alpha value is -1.35. The van der Waals surface area contributed by atoms with E-state index >= 15 is 0 Å². The lowest BCUT2D eigenvalue weighted by Crippen LogP contribution is -2.45. The van der Waals surface area contributed by atoms with Crippen LogP contribution in [0, 0.1) is 0 Å². The van der Waals surface area contributed by atoms with Crippen LogP contribution in [0.5, 0.6) is 0 Å². The Kier molecular flexibility index (Phi) is 4.48. The first-order chi connectivity index (χ1) is 9.39. The highest BCUT2D eigenvalue weighted by molar-refractivity contribution is 5.66. The summed E-state index contributed by atoms with van der Waals surface area (Å²) in [6.45, 7) is 7.13. The van der Waals surface area contributed by atoms with Crippen LogP contribution in [0.3, 0.4) is 0 Å². The van der Waals surface area contributed by atoms with Crippen molar-refractivity contribution < 1.29 is 9.90 Å². The summed E-state index contributed by atoms with van der Waals surface area (Å²) in [6.07, 6.45) is 3.65. The molecule has 0 aromatic heterocycles. The van der Waals surface area contributed by atoms with E-state index in [0.29, 0.717) is 12.6 Å². The summed E-state index contributed by atoms with van der Waals surface area (Å²) in [6, 6.07) is 8.95. The van der Waals surface area contributed by atoms with Gasteiger partial charge in [-0.05, 0) is 51.2 Å². The second-order valence-electron chi connectivity index (χ2n) is 6.61. The maximum atomic E-state index is 10.9. The van der Waals surface area contributed by atoms with E-state index in [2.05, 4.69) is 49.9 Å². The summed E-state index contributed by atoms with van der Waals surface area (Å²) in [7, 11) is 0. The number of hydrogen-bond donors (Lipinski definition) is 1. The lowest BCUT2D eigenvalue weighted by atomic mass is 9.84. The summed E-state index contributed by atoms with van der Waals surface area (Å²) in [5.41, 5.74) is 2.79. The van der Waals surface area contributed by atoms with E-state index in [4.69, 9.17) is 5.11 Å². The van der Waals surface area contributed by atoms with Crippen LogP contribution in [-0.4, -0.2) is 28.1 Å². The van der Waals surface area contributed by atoms with E-state index in [-0.39, 0.29) is 12.0 Å². The van der Waals surface area contributed by atoms with Gasteiger partial charge in [0.15, 0.2) is 0 Å². The third-order valence-electron chi connectivity index (χ3n) is 4.14. The van der Waals surface area contributed by atoms with Crippen molar-refractivity contribution in [2.45, 2.75) is 58.0 Å². The predicted molar refractivity (Wildman–Crippen MR) is 80.8 cm³/mol. The normalized spacial score (nSPS) is 18.9. The zero-order chi connectivity index (χ0) is 14.8. The third-order valence-corrected chi connectivity index (χ3v) is 4.14. The van der Waals surface area contributed by atoms with E-state index < -0.39 is 5.97 Å². The summed E-state index contributed by atoms with van der Waals surface area (Å²) < 4.78 is 0. The van der Waals surface area contributed by atoms with Crippen LogP contribution < -0.4 is 0 Å². The SMILES string of the molecule is CC(C)(C)N(CCC(=O)O)C1CCCc2ccccc21. The van der Waals surface area contributed by atoms with E-state index in [9.17, 15) is 4.79 Å². The Morgan fingerprint density at radius 3 is 2.70 bits per heavy atom. The van der Waals surface area contributed by atoms with Crippen molar-refractivity contribution in [1.29, 1.82) is 0 Å². The molecule has 1 N–H and O–H groups in total. The quantitative estimate of drug-likeness (QED) is 0.912. The molecule has 20 heavy (non-hydrogen) atoms. The molecule has 1 aromatic carbocycles. The topological polar surface area (TPSA) is 40.5 Å². The molecule has 110 valence electrons. The lowest BCUT2D eigenvalue weighted by molar-refractivity contribution is -0.137. The molecular weight excluding hydrogens is 250 g/mol. The van der Waals surface area contributed by atoms with Crippen LogP contribution in [0.4, 0.5) is 0 Å². The highest BCUT2D eigenvalue weighted by Gasteiger charge is 2.32. The standard InChI is InChI=1S/C17H25NO2/c1-17(2,3)18(12-11-16(19)20)15-10-6-8-13-7-4-5-9-14(13)15/h4-5,7,9,15H,6,8,10-12H2,1-3H3,(H,19,20). The number of hydrogen-bond acceptors (Lipinski definition) is 2. The molecule has 0 saturated carbocycles. The largest absolute Gasteiger partial charge is 0.481 e. The number of benzene rings is 1. The van der Waals surface area contributed by atoms with Gasteiger partial charge in [-0.1, -0.05) is 24.3 Å². The van der Waals surface area contributed by atoms with Gasteiger partial charge >= 0.3 is 5.97 Å². The van der Waals surface area contributed by atoms with Gasteiger partial charge in [-0.25, -0.2) is 0 Å². The highest BCUT2D eigenvalue weighted by atomic mass is 16.4. The van der Waals surface area contributed by atoms with Gasteiger partial charge < -0.3 is 5.11 Å². The van der Waals surface area contributed by atoms with Crippen LogP contribution in [-0.2, 0) is 11.2 Å². The van der Waals surface area contributed by atoms with Gasteiger partial charge in [0, 0.05) is 18.1 Å². The van der Waals surface area contributed by atoms with Crippen LogP contribution in [0.15, 0.2) is 24.3 Å². The molecule has 1 aromatic rings. The molecule has 0 spiro atoms. The van der Waals surface area contributed by atoms with Crippen molar-refractivity contribution in [3.8, 4) is 0 Å². The van der Waals surface area contributed by atoms with E-state index in [0.717, 1.165) is 12.8 Å². The molecule has 0 aliphatic heterocycles. The Labute approximate surface area is 121 Å². The van der Waals surface area contributed by atoms with Gasteiger partial charge in [-0.15, -0.1) is 0 Å². The predicted octanol–water partition coefficient (Wildman–Crippen LogP) is 3.64. The molecule has 3 heteroatoms. The van der Waals surface area contributed by atoms with Gasteiger partial charge in [-0.3, -0.25) is 9.69 Å². The van der Waals surface area contributed by atoms with Crippen molar-refractivity contribution >= 4 is 5.97 Å². The molecule has 2 rings (SSSR count). The minimum absolute atomic E-state index is 0.0232. The molecule has 0 amide bonds. The Morgan fingerprint density at radius 2 is 2.05 bits per heavy atom. The fourth-order valence-corrected chi connectivity index (χ4v) is 3.23. The zero-order valence-electron chi connectivity index (χ0n) is 12.7. The molecule has 0 radical (unpaired) electrons. The monoisotopic (exact) mass is 275 g/mol. The number of aryl methyl sites for hydroxylation is 1. The molecule has 1 atom stereocenters. The van der Waals surface area contributed by atoms with Crippen molar-refractivity contribution in [2.75, 3.05) is 6.54 Å². The second-order valence-corrected chi connectivity index (χ2v) is 6.61. The van der Waals surface area contributed by atoms with Crippen LogP contribution >= 0.6 is 0 Å². The molecule has 0 saturated heterocycles. The van der Waals surface area contributed by atoms with Crippen LogP contribution in [0.25, 0.3) is 0 Å². The van der Waals surface area contributed by atoms with Crippen molar-refractivity contribution in [3.63, 3.8) is 0 Å². The first-order valence-corrected chi connectivity index (χ1v) is 7.46. The van der Waals surface area contributed by atoms with Crippen molar-refractivity contribution in [2.24, 2.45) is 0 Å². The third kappa shape index (κ3) is 3.40. The Bertz CT molecular complexity index is 476. The molecule has 0 heterocycles. The molecule has 1 aliphatic rings. The van der Waals surface area contributed by atoms with Crippen LogP contribution in [0.1, 0.15) is 57.2 Å². The summed E-state index contributed by atoms with van der Waals surface area (Å²) in [4.78, 5) is 13.3. The first kappa shape index (κ1) is 15.0. The Morgan fingerprint density at radius 1 is 1.35 bits per heavy atom. The fourth-order valence-electron chi connectivity index (χ4n) is 3.23. The molecule has 3 nitrogen and oxygen atoms in total. The number of carboxylic acid groups (broad SMARTS) is 1. The van der Waals surface area contributed by atoms with Gasteiger partial charge in [0.2, 0.25) is 0 Å². The molecule has 1 unspecified atom stereocenters. The molecular formula is C17H25NO2. The highest BCUT2D eigenvalue weighted by Crippen LogP contribution is 2.37. The minimum atomic E-state index is -0.719. The second kappa shape index (κ2) is 5.96. The number of carboxylic acids is 1. The van der Waals surface area contributed by atoms with E-state index in [1.165, 1.54) is 17.5 Å². The molecule has 0 bridgehead atoms. The molecule has 1 aliphatic carbocycles. The minimum Gasteiger partial charge on any atom is -0.481 e. The first-order valence-electron chi connectivity index (χ1n) is 7.46. The van der Waals surface area contributed by atoms with Gasteiger partial charge in [0.1, 0.15) is 0 Å². The number of carbonyl (C=O) groups is 1. The number of fused-ring (bicyclic) bond motifs is 1. The smallest absolute Gasteiger partial charge is 0.304 e. The fraction of sp³-hybridized carbons (Fsp3) is 0.588. The van der Waals surface area contributed by atoms with Crippen LogP contribution in [0.2, 0.25) is 0 Å².